The molecule has 1 aromatic rings. The molecule has 0 aliphatic heterocycles. The molecule has 3 nitrogen and oxygen atoms in total. The lowest BCUT2D eigenvalue weighted by atomic mass is 9.74. The molecule has 1 aliphatic rings. The second kappa shape index (κ2) is 5.40. The van der Waals surface area contributed by atoms with Crippen molar-refractivity contribution in [3.63, 3.8) is 0 Å². The van der Waals surface area contributed by atoms with E-state index in [0.717, 1.165) is 58.2 Å². The van der Waals surface area contributed by atoms with E-state index in [1.54, 1.807) is 7.11 Å². The highest BCUT2D eigenvalue weighted by atomic mass is 79.9. The van der Waals surface area contributed by atoms with E-state index in [-0.39, 0.29) is 0 Å². The van der Waals surface area contributed by atoms with Gasteiger partial charge in [-0.3, -0.25) is 4.79 Å². The van der Waals surface area contributed by atoms with Gasteiger partial charge >= 0.3 is 5.97 Å². The highest BCUT2D eigenvalue weighted by Crippen LogP contribution is 2.48. The number of rotatable bonds is 3. The molecule has 4 heteroatoms. The molecule has 0 bridgehead atoms. The molecule has 0 atom stereocenters. The third-order valence-electron chi connectivity index (χ3n) is 4.73. The minimum atomic E-state index is -0.728. The van der Waals surface area contributed by atoms with Crippen molar-refractivity contribution in [3.05, 3.63) is 26.7 Å². The Balaban J connectivity index is 2.78. The van der Waals surface area contributed by atoms with Crippen LogP contribution >= 0.6 is 15.9 Å². The Labute approximate surface area is 128 Å². The third kappa shape index (κ3) is 2.05. The number of methoxy groups -OCH3 is 1. The summed E-state index contributed by atoms with van der Waals surface area (Å²) in [5, 5.41) is 9.83. The quantitative estimate of drug-likeness (QED) is 0.893. The lowest BCUT2D eigenvalue weighted by Crippen LogP contribution is -2.34. The molecule has 110 valence electrons. The summed E-state index contributed by atoms with van der Waals surface area (Å²) in [6.45, 7) is 5.99. The van der Waals surface area contributed by atoms with E-state index in [9.17, 15) is 9.90 Å². The van der Waals surface area contributed by atoms with Crippen molar-refractivity contribution in [1.82, 2.24) is 0 Å². The van der Waals surface area contributed by atoms with Crippen LogP contribution in [0.5, 0.6) is 5.75 Å². The Morgan fingerprint density at radius 2 is 1.70 bits per heavy atom. The molecular weight excluding hydrogens is 320 g/mol. The fourth-order valence-corrected chi connectivity index (χ4v) is 4.25. The largest absolute Gasteiger partial charge is 0.495 e. The van der Waals surface area contributed by atoms with E-state index < -0.39 is 11.4 Å². The SMILES string of the molecule is COc1c(C)c(C)c(C2(C(=O)O)CCCC2)c(C)c1Br. The summed E-state index contributed by atoms with van der Waals surface area (Å²) in [5.74, 6) is 0.111. The number of carbonyl (C=O) groups is 1. The molecule has 0 unspecified atom stereocenters. The Morgan fingerprint density at radius 3 is 2.15 bits per heavy atom. The predicted molar refractivity (Wildman–Crippen MR) is 82.7 cm³/mol. The van der Waals surface area contributed by atoms with Crippen LogP contribution in [0.4, 0.5) is 0 Å². The molecule has 1 N–H and O–H groups in total. The van der Waals surface area contributed by atoms with Gasteiger partial charge in [-0.05, 0) is 71.8 Å². The fraction of sp³-hybridized carbons (Fsp3) is 0.562. The standard InChI is InChI=1S/C16H21BrO3/c1-9-10(2)14(20-4)13(17)11(3)12(9)16(15(18)19)7-5-6-8-16/h5-8H2,1-4H3,(H,18,19). The molecule has 0 heterocycles. The molecule has 2 rings (SSSR count). The topological polar surface area (TPSA) is 46.5 Å². The summed E-state index contributed by atoms with van der Waals surface area (Å²) in [4.78, 5) is 12.0. The molecule has 0 aromatic heterocycles. The van der Waals surface area contributed by atoms with Gasteiger partial charge in [0.05, 0.1) is 17.0 Å². The molecule has 1 aromatic carbocycles. The first-order chi connectivity index (χ1) is 9.36. The van der Waals surface area contributed by atoms with Gasteiger partial charge in [0.25, 0.3) is 0 Å². The van der Waals surface area contributed by atoms with Gasteiger partial charge in [0.2, 0.25) is 0 Å². The summed E-state index contributed by atoms with van der Waals surface area (Å²) in [6, 6.07) is 0. The summed E-state index contributed by atoms with van der Waals surface area (Å²) < 4.78 is 6.33. The van der Waals surface area contributed by atoms with Gasteiger partial charge in [-0.2, -0.15) is 0 Å². The monoisotopic (exact) mass is 340 g/mol. The van der Waals surface area contributed by atoms with E-state index >= 15 is 0 Å². The van der Waals surface area contributed by atoms with Crippen molar-refractivity contribution in [1.29, 1.82) is 0 Å². The summed E-state index contributed by atoms with van der Waals surface area (Å²) in [7, 11) is 1.65. The maximum absolute atomic E-state index is 12.0. The second-order valence-corrected chi connectivity index (χ2v) is 6.48. The van der Waals surface area contributed by atoms with E-state index in [1.165, 1.54) is 0 Å². The van der Waals surface area contributed by atoms with Crippen LogP contribution in [0, 0.1) is 20.8 Å². The zero-order chi connectivity index (χ0) is 15.1. The molecular formula is C16H21BrO3. The first-order valence-electron chi connectivity index (χ1n) is 6.94. The van der Waals surface area contributed by atoms with Crippen LogP contribution in [0.15, 0.2) is 4.47 Å². The maximum atomic E-state index is 12.0. The van der Waals surface area contributed by atoms with Gasteiger partial charge in [0.1, 0.15) is 5.75 Å². The highest BCUT2D eigenvalue weighted by Gasteiger charge is 2.45. The Kier molecular flexibility index (Phi) is 4.14. The predicted octanol–water partition coefficient (Wildman–Crippen LogP) is 4.28. The number of hydrogen-bond donors (Lipinski definition) is 1. The molecule has 0 saturated heterocycles. The number of carboxylic acid groups (broad SMARTS) is 1. The van der Waals surface area contributed by atoms with Crippen molar-refractivity contribution in [3.8, 4) is 5.75 Å². The van der Waals surface area contributed by atoms with Gasteiger partial charge < -0.3 is 9.84 Å². The van der Waals surface area contributed by atoms with Gasteiger partial charge in [-0.15, -0.1) is 0 Å². The number of halogens is 1. The van der Waals surface area contributed by atoms with Crippen LogP contribution in [0.1, 0.15) is 47.9 Å². The lowest BCUT2D eigenvalue weighted by molar-refractivity contribution is -0.143. The average molecular weight is 341 g/mol. The van der Waals surface area contributed by atoms with Crippen molar-refractivity contribution < 1.29 is 14.6 Å². The fourth-order valence-electron chi connectivity index (χ4n) is 3.59. The lowest BCUT2D eigenvalue weighted by Gasteiger charge is -2.30. The Hall–Kier alpha value is -1.03. The third-order valence-corrected chi connectivity index (χ3v) is 5.69. The molecule has 20 heavy (non-hydrogen) atoms. The summed E-state index contributed by atoms with van der Waals surface area (Å²) >= 11 is 3.58. The van der Waals surface area contributed by atoms with Crippen molar-refractivity contribution in [2.45, 2.75) is 51.9 Å². The van der Waals surface area contributed by atoms with Crippen LogP contribution in [-0.2, 0) is 10.2 Å². The second-order valence-electron chi connectivity index (χ2n) is 5.69. The molecule has 1 aliphatic carbocycles. The van der Waals surface area contributed by atoms with Crippen LogP contribution in [-0.4, -0.2) is 18.2 Å². The van der Waals surface area contributed by atoms with Gasteiger partial charge in [-0.1, -0.05) is 12.8 Å². The van der Waals surface area contributed by atoms with Crippen molar-refractivity contribution in [2.24, 2.45) is 0 Å². The number of aliphatic carboxylic acids is 1. The van der Waals surface area contributed by atoms with Crippen LogP contribution < -0.4 is 4.74 Å². The average Bonchev–Trinajstić information content (AvgIpc) is 2.88. The van der Waals surface area contributed by atoms with E-state index in [0.29, 0.717) is 0 Å². The highest BCUT2D eigenvalue weighted by molar-refractivity contribution is 9.10. The van der Waals surface area contributed by atoms with Gasteiger partial charge in [0, 0.05) is 0 Å². The number of carboxylic acids is 1. The summed E-state index contributed by atoms with van der Waals surface area (Å²) in [6.07, 6.45) is 3.41. The molecule has 0 spiro atoms. The first kappa shape index (κ1) is 15.4. The van der Waals surface area contributed by atoms with Crippen LogP contribution in [0.2, 0.25) is 0 Å². The van der Waals surface area contributed by atoms with E-state index in [1.807, 2.05) is 20.8 Å². The Bertz CT molecular complexity index is 528. The molecule has 1 saturated carbocycles. The zero-order valence-electron chi connectivity index (χ0n) is 12.5. The van der Waals surface area contributed by atoms with E-state index in [4.69, 9.17) is 4.74 Å². The normalized spacial score (nSPS) is 17.2. The van der Waals surface area contributed by atoms with E-state index in [2.05, 4.69) is 15.9 Å². The number of hydrogen-bond acceptors (Lipinski definition) is 2. The zero-order valence-corrected chi connectivity index (χ0v) is 14.1. The van der Waals surface area contributed by atoms with Crippen molar-refractivity contribution >= 4 is 21.9 Å². The first-order valence-corrected chi connectivity index (χ1v) is 7.73. The molecule has 0 amide bonds. The number of ether oxygens (including phenoxy) is 1. The van der Waals surface area contributed by atoms with Gasteiger partial charge in [0.15, 0.2) is 0 Å². The summed E-state index contributed by atoms with van der Waals surface area (Å²) in [5.41, 5.74) is 3.31. The Morgan fingerprint density at radius 1 is 1.15 bits per heavy atom. The van der Waals surface area contributed by atoms with Gasteiger partial charge in [-0.25, -0.2) is 0 Å². The smallest absolute Gasteiger partial charge is 0.314 e. The van der Waals surface area contributed by atoms with Crippen LogP contribution in [0.3, 0.4) is 0 Å². The minimum absolute atomic E-state index is 0.697. The van der Waals surface area contributed by atoms with Crippen LogP contribution in [0.25, 0.3) is 0 Å². The van der Waals surface area contributed by atoms with Crippen molar-refractivity contribution in [2.75, 3.05) is 7.11 Å². The maximum Gasteiger partial charge on any atom is 0.314 e. The number of benzene rings is 1. The molecule has 0 radical (unpaired) electrons. The minimum Gasteiger partial charge on any atom is -0.495 e. The molecule has 1 fully saturated rings.